The molecule has 0 spiro atoms. The minimum atomic E-state index is -5.33. The molecule has 2 aliphatic rings. The molecule has 43 heavy (non-hydrogen) atoms. The van der Waals surface area contributed by atoms with Gasteiger partial charge in [-0.2, -0.15) is 4.31 Å². The van der Waals surface area contributed by atoms with Gasteiger partial charge in [-0.05, 0) is 12.8 Å². The molecule has 0 aromatic carbocycles. The number of nitrogens with zero attached hydrogens (tertiary/aromatic N) is 4. The molecular weight excluding hydrogens is 624 g/mol. The van der Waals surface area contributed by atoms with Crippen LogP contribution in [-0.2, 0) is 36.7 Å². The molecule has 20 nitrogen and oxygen atoms in total. The first-order chi connectivity index (χ1) is 20.3. The van der Waals surface area contributed by atoms with Gasteiger partial charge in [0.25, 0.3) is 0 Å². The average molecular weight is 659 g/mol. The molecule has 2 saturated heterocycles. The van der Waals surface area contributed by atoms with E-state index in [4.69, 9.17) is 29.6 Å². The lowest BCUT2D eigenvalue weighted by Gasteiger charge is -2.20. The van der Waals surface area contributed by atoms with Crippen LogP contribution < -0.4 is 5.73 Å². The van der Waals surface area contributed by atoms with Crippen LogP contribution in [0.4, 0.5) is 5.82 Å². The van der Waals surface area contributed by atoms with Crippen LogP contribution in [0.15, 0.2) is 12.7 Å². The Balaban J connectivity index is 1.25. The van der Waals surface area contributed by atoms with Gasteiger partial charge in [-0.25, -0.2) is 24.1 Å². The summed E-state index contributed by atoms with van der Waals surface area (Å²) in [6, 6.07) is 0. The summed E-state index contributed by atoms with van der Waals surface area (Å²) >= 11 is 0. The summed E-state index contributed by atoms with van der Waals surface area (Å²) in [4.78, 5) is 31.8. The monoisotopic (exact) mass is 659 g/mol. The van der Waals surface area contributed by atoms with Crippen molar-refractivity contribution in [3.63, 3.8) is 0 Å². The first-order valence-electron chi connectivity index (χ1n) is 13.2. The lowest BCUT2D eigenvalue weighted by Crippen LogP contribution is -2.35. The van der Waals surface area contributed by atoms with Crippen molar-refractivity contribution in [1.82, 2.24) is 19.5 Å². The van der Waals surface area contributed by atoms with Gasteiger partial charge in [0.05, 0.1) is 19.5 Å². The summed E-state index contributed by atoms with van der Waals surface area (Å²) < 4.78 is 55.8. The number of aliphatic hydroxyl groups excluding tert-OH is 5. The van der Waals surface area contributed by atoms with Gasteiger partial charge in [0.1, 0.15) is 48.5 Å². The minimum Gasteiger partial charge on any atom is -0.396 e. The number of phosphoric ester groups is 2. The van der Waals surface area contributed by atoms with E-state index in [2.05, 4.69) is 23.8 Å². The van der Waals surface area contributed by atoms with Gasteiger partial charge < -0.3 is 55.3 Å². The van der Waals surface area contributed by atoms with Crippen molar-refractivity contribution < 1.29 is 72.0 Å². The van der Waals surface area contributed by atoms with E-state index in [9.17, 15) is 39.3 Å². The SMILES string of the molecule is Nc1ncnc2c1ncn2[C@@H]1O[C@H](COP(=O)(O)OP(=O)(O)OC[C@H]2O[C@@H](OCCCCCCO)[C@H](O)[C@@H]2O)[C@@H](O)[C@H]1O. The van der Waals surface area contributed by atoms with Crippen LogP contribution in [0.25, 0.3) is 11.2 Å². The highest BCUT2D eigenvalue weighted by molar-refractivity contribution is 7.61. The van der Waals surface area contributed by atoms with Crippen molar-refractivity contribution in [2.45, 2.75) is 74.8 Å². The smallest absolute Gasteiger partial charge is 0.396 e. The Labute approximate surface area is 244 Å². The van der Waals surface area contributed by atoms with Gasteiger partial charge in [0.15, 0.2) is 24.0 Å². The predicted molar refractivity (Wildman–Crippen MR) is 140 cm³/mol. The second-order valence-electron chi connectivity index (χ2n) is 9.77. The Morgan fingerprint density at radius 2 is 1.49 bits per heavy atom. The standard InChI is InChI=1S/C21H35N5O15P2/c22-18-13-19(24-9-23-18)26(10-25-13)20-16(30)14(28)11(39-20)7-37-42(32,33)41-43(34,35)38-8-12-15(29)17(31)21(40-12)36-6-4-2-1-3-5-27/h9-12,14-17,20-21,27-31H,1-8H2,(H,32,33)(H,34,35)(H2,22,23,24)/t11-,12-,14-,15-,16-,17-,20-,21-/m1/s1. The second-order valence-corrected chi connectivity index (χ2v) is 12.8. The summed E-state index contributed by atoms with van der Waals surface area (Å²) in [7, 11) is -10.6. The molecule has 10 atom stereocenters. The number of ether oxygens (including phenoxy) is 3. The van der Waals surface area contributed by atoms with Gasteiger partial charge >= 0.3 is 15.6 Å². The molecular formula is C21H35N5O15P2. The number of nitrogen functional groups attached to an aromatic ring is 1. The molecule has 2 fully saturated rings. The fraction of sp³-hybridized carbons (Fsp3) is 0.762. The maximum absolute atomic E-state index is 12.4. The average Bonchev–Trinajstić information content (AvgIpc) is 3.58. The minimum absolute atomic E-state index is 0.0604. The van der Waals surface area contributed by atoms with Gasteiger partial charge in [-0.1, -0.05) is 12.8 Å². The maximum atomic E-state index is 12.4. The van der Waals surface area contributed by atoms with Crippen LogP contribution in [0.1, 0.15) is 31.9 Å². The van der Waals surface area contributed by atoms with Gasteiger partial charge in [-0.15, -0.1) is 0 Å². The Kier molecular flexibility index (Phi) is 11.6. The predicted octanol–water partition coefficient (Wildman–Crippen LogP) is -1.71. The van der Waals surface area contributed by atoms with Crippen LogP contribution >= 0.6 is 15.6 Å². The number of nitrogens with two attached hydrogens (primary N) is 1. The number of imidazole rings is 1. The number of hydrogen-bond acceptors (Lipinski definition) is 17. The summed E-state index contributed by atoms with van der Waals surface area (Å²) in [5.41, 5.74) is 6.13. The molecule has 9 N–H and O–H groups in total. The molecule has 2 aromatic heterocycles. The van der Waals surface area contributed by atoms with Crippen molar-refractivity contribution >= 4 is 32.6 Å². The highest BCUT2D eigenvalue weighted by Crippen LogP contribution is 2.60. The third kappa shape index (κ3) is 8.51. The van der Waals surface area contributed by atoms with E-state index in [1.165, 1.54) is 10.9 Å². The molecule has 0 aliphatic carbocycles. The highest BCUT2D eigenvalue weighted by atomic mass is 31.3. The molecule has 0 amide bonds. The van der Waals surface area contributed by atoms with Gasteiger partial charge in [0.2, 0.25) is 0 Å². The van der Waals surface area contributed by atoms with Crippen molar-refractivity contribution in [1.29, 1.82) is 0 Å². The molecule has 22 heteroatoms. The molecule has 2 aliphatic heterocycles. The zero-order chi connectivity index (χ0) is 31.4. The second kappa shape index (κ2) is 14.6. The normalized spacial score (nSPS) is 32.3. The Hall–Kier alpha value is -1.71. The molecule has 244 valence electrons. The molecule has 0 saturated carbocycles. The van der Waals surface area contributed by atoms with Crippen molar-refractivity contribution in [3.05, 3.63) is 12.7 Å². The fourth-order valence-corrected chi connectivity index (χ4v) is 6.51. The number of phosphoric acid groups is 2. The van der Waals surface area contributed by atoms with Crippen LogP contribution in [0.3, 0.4) is 0 Å². The summed E-state index contributed by atoms with van der Waals surface area (Å²) in [6.07, 6.45) is -6.39. The Bertz CT molecular complexity index is 1300. The van der Waals surface area contributed by atoms with Crippen LogP contribution in [-0.4, -0.2) is 124 Å². The molecule has 0 radical (unpaired) electrons. The van der Waals surface area contributed by atoms with Crippen LogP contribution in [0.5, 0.6) is 0 Å². The number of aliphatic hydroxyl groups is 5. The molecule has 0 bridgehead atoms. The lowest BCUT2D eigenvalue weighted by atomic mass is 10.1. The zero-order valence-corrected chi connectivity index (χ0v) is 24.4. The highest BCUT2D eigenvalue weighted by Gasteiger charge is 2.47. The van der Waals surface area contributed by atoms with Crippen molar-refractivity contribution in [2.24, 2.45) is 0 Å². The molecule has 2 unspecified atom stereocenters. The number of hydrogen-bond donors (Lipinski definition) is 8. The maximum Gasteiger partial charge on any atom is 0.481 e. The topological polar surface area (TPSA) is 301 Å². The molecule has 4 rings (SSSR count). The van der Waals surface area contributed by atoms with Gasteiger partial charge in [0, 0.05) is 13.2 Å². The Morgan fingerprint density at radius 1 is 0.860 bits per heavy atom. The van der Waals surface area contributed by atoms with E-state index in [1.54, 1.807) is 0 Å². The number of anilines is 1. The summed E-state index contributed by atoms with van der Waals surface area (Å²) in [5.74, 6) is 0.0604. The van der Waals surface area contributed by atoms with E-state index in [0.717, 1.165) is 19.2 Å². The van der Waals surface area contributed by atoms with E-state index in [-0.39, 0.29) is 30.2 Å². The summed E-state index contributed by atoms with van der Waals surface area (Å²) in [5, 5.41) is 49.9. The Morgan fingerprint density at radius 3 is 2.16 bits per heavy atom. The first kappa shape index (κ1) is 34.2. The third-order valence-corrected chi connectivity index (χ3v) is 9.26. The lowest BCUT2D eigenvalue weighted by molar-refractivity contribution is -0.169. The van der Waals surface area contributed by atoms with E-state index < -0.39 is 78.0 Å². The first-order valence-corrected chi connectivity index (χ1v) is 16.2. The number of rotatable bonds is 16. The van der Waals surface area contributed by atoms with E-state index >= 15 is 0 Å². The van der Waals surface area contributed by atoms with Gasteiger partial charge in [-0.3, -0.25) is 13.6 Å². The van der Waals surface area contributed by atoms with E-state index in [0.29, 0.717) is 12.8 Å². The zero-order valence-electron chi connectivity index (χ0n) is 22.6. The van der Waals surface area contributed by atoms with Crippen LogP contribution in [0.2, 0.25) is 0 Å². The van der Waals surface area contributed by atoms with E-state index in [1.807, 2.05) is 0 Å². The van der Waals surface area contributed by atoms with Crippen molar-refractivity contribution in [3.8, 4) is 0 Å². The number of fused-ring (bicyclic) bond motifs is 1. The fourth-order valence-electron chi connectivity index (χ4n) is 4.42. The summed E-state index contributed by atoms with van der Waals surface area (Å²) in [6.45, 7) is -1.45. The number of aromatic nitrogens is 4. The molecule has 2 aromatic rings. The van der Waals surface area contributed by atoms with Crippen molar-refractivity contribution in [2.75, 3.05) is 32.2 Å². The largest absolute Gasteiger partial charge is 0.481 e. The molecule has 4 heterocycles. The van der Waals surface area contributed by atoms with Crippen LogP contribution in [0, 0.1) is 0 Å². The number of unbranched alkanes of at least 4 members (excludes halogenated alkanes) is 3. The third-order valence-electron chi connectivity index (χ3n) is 6.66. The quantitative estimate of drug-likeness (QED) is 0.0735.